The third kappa shape index (κ3) is 3.82. The van der Waals surface area contributed by atoms with E-state index in [-0.39, 0.29) is 21.5 Å². The molecule has 1 saturated heterocycles. The van der Waals surface area contributed by atoms with Gasteiger partial charge in [0.1, 0.15) is 9.92 Å². The predicted molar refractivity (Wildman–Crippen MR) is 88.3 cm³/mol. The molecule has 1 atom stereocenters. The fourth-order valence-corrected chi connectivity index (χ4v) is 5.07. The van der Waals surface area contributed by atoms with Crippen LogP contribution in [0.15, 0.2) is 17.0 Å². The van der Waals surface area contributed by atoms with E-state index in [0.29, 0.717) is 18.7 Å². The Labute approximate surface area is 140 Å². The highest BCUT2D eigenvalue weighted by molar-refractivity contribution is 7.89. The molecular formula is C14H20ClN3O4S. The van der Waals surface area contributed by atoms with Crippen LogP contribution in [0.1, 0.15) is 18.4 Å². The lowest BCUT2D eigenvalue weighted by Gasteiger charge is -2.32. The first-order chi connectivity index (χ1) is 10.8. The van der Waals surface area contributed by atoms with Gasteiger partial charge in [-0.2, -0.15) is 4.31 Å². The molecule has 0 spiro atoms. The number of hydrogen-bond donors (Lipinski definition) is 1. The van der Waals surface area contributed by atoms with Crippen molar-refractivity contribution in [3.63, 3.8) is 0 Å². The van der Waals surface area contributed by atoms with Gasteiger partial charge in [0.2, 0.25) is 10.0 Å². The van der Waals surface area contributed by atoms with Crippen LogP contribution >= 0.6 is 11.6 Å². The average molecular weight is 362 g/mol. The standard InChI is InChI=1S/C14H20ClN3O4S/c1-10-6-12(18(19)20)14(15)13(7-10)23(21,22)17-5-3-4-11(9-17)8-16-2/h6-7,11,16H,3-5,8-9H2,1-2H3. The Bertz CT molecular complexity index is 706. The van der Waals surface area contributed by atoms with E-state index in [4.69, 9.17) is 11.6 Å². The number of piperidine rings is 1. The molecule has 0 aromatic heterocycles. The van der Waals surface area contributed by atoms with Crippen LogP contribution in [0.25, 0.3) is 0 Å². The number of sulfonamides is 1. The Hall–Kier alpha value is -1.22. The Morgan fingerprint density at radius 3 is 2.78 bits per heavy atom. The van der Waals surface area contributed by atoms with Crippen LogP contribution in [0.5, 0.6) is 0 Å². The van der Waals surface area contributed by atoms with E-state index >= 15 is 0 Å². The van der Waals surface area contributed by atoms with Gasteiger partial charge >= 0.3 is 0 Å². The van der Waals surface area contributed by atoms with Gasteiger partial charge in [-0.1, -0.05) is 11.6 Å². The van der Waals surface area contributed by atoms with Crippen LogP contribution in [0.4, 0.5) is 5.69 Å². The Morgan fingerprint density at radius 1 is 1.48 bits per heavy atom. The minimum atomic E-state index is -3.85. The number of benzene rings is 1. The second-order valence-corrected chi connectivity index (χ2v) is 8.07. The zero-order valence-electron chi connectivity index (χ0n) is 13.1. The smallest absolute Gasteiger partial charge is 0.289 e. The number of nitro benzene ring substituents is 1. The molecule has 1 aromatic carbocycles. The number of aryl methyl sites for hydroxylation is 1. The van der Waals surface area contributed by atoms with Gasteiger partial charge in [0.15, 0.2) is 0 Å². The number of hydrogen-bond acceptors (Lipinski definition) is 5. The topological polar surface area (TPSA) is 92.6 Å². The minimum Gasteiger partial charge on any atom is -0.319 e. The van der Waals surface area contributed by atoms with Crippen molar-refractivity contribution in [3.05, 3.63) is 32.8 Å². The maximum absolute atomic E-state index is 12.9. The van der Waals surface area contributed by atoms with E-state index < -0.39 is 14.9 Å². The lowest BCUT2D eigenvalue weighted by atomic mass is 10.00. The van der Waals surface area contributed by atoms with Crippen LogP contribution in [0.2, 0.25) is 5.02 Å². The average Bonchev–Trinajstić information content (AvgIpc) is 2.49. The van der Waals surface area contributed by atoms with Crippen LogP contribution in [0, 0.1) is 23.0 Å². The number of nitrogens with one attached hydrogen (secondary N) is 1. The monoisotopic (exact) mass is 361 g/mol. The zero-order valence-corrected chi connectivity index (χ0v) is 14.7. The lowest BCUT2D eigenvalue weighted by molar-refractivity contribution is -0.385. The Balaban J connectivity index is 2.42. The summed E-state index contributed by atoms with van der Waals surface area (Å²) in [5, 5.41) is 13.8. The fourth-order valence-electron chi connectivity index (χ4n) is 2.88. The molecule has 7 nitrogen and oxygen atoms in total. The van der Waals surface area contributed by atoms with Crippen LogP contribution in [-0.2, 0) is 10.0 Å². The van der Waals surface area contributed by atoms with Crippen molar-refractivity contribution < 1.29 is 13.3 Å². The highest BCUT2D eigenvalue weighted by Crippen LogP contribution is 2.35. The number of nitrogens with zero attached hydrogens (tertiary/aromatic N) is 2. The first-order valence-corrected chi connectivity index (χ1v) is 9.18. The molecule has 0 bridgehead atoms. The molecule has 1 aliphatic heterocycles. The molecule has 0 amide bonds. The summed E-state index contributed by atoms with van der Waals surface area (Å²) in [5.41, 5.74) is 0.109. The number of nitro groups is 1. The molecular weight excluding hydrogens is 342 g/mol. The Morgan fingerprint density at radius 2 is 2.17 bits per heavy atom. The molecule has 1 aromatic rings. The summed E-state index contributed by atoms with van der Waals surface area (Å²) in [6.45, 7) is 3.14. The SMILES string of the molecule is CNCC1CCCN(S(=O)(=O)c2cc(C)cc([N+](=O)[O-])c2Cl)C1. The van der Waals surface area contributed by atoms with Crippen molar-refractivity contribution in [2.45, 2.75) is 24.7 Å². The highest BCUT2D eigenvalue weighted by atomic mass is 35.5. The summed E-state index contributed by atoms with van der Waals surface area (Å²) in [4.78, 5) is 10.2. The normalized spacial score (nSPS) is 19.7. The van der Waals surface area contributed by atoms with Gasteiger partial charge in [0, 0.05) is 19.2 Å². The molecule has 2 rings (SSSR count). The van der Waals surface area contributed by atoms with Crippen molar-refractivity contribution in [1.82, 2.24) is 9.62 Å². The van der Waals surface area contributed by atoms with Crippen LogP contribution in [-0.4, -0.2) is 44.3 Å². The molecule has 9 heteroatoms. The van der Waals surface area contributed by atoms with Gasteiger partial charge in [-0.25, -0.2) is 8.42 Å². The van der Waals surface area contributed by atoms with Crippen molar-refractivity contribution in [1.29, 1.82) is 0 Å². The van der Waals surface area contributed by atoms with E-state index in [1.165, 1.54) is 16.4 Å². The molecule has 128 valence electrons. The molecule has 0 saturated carbocycles. The van der Waals surface area contributed by atoms with E-state index in [1.54, 1.807) is 6.92 Å². The molecule has 1 heterocycles. The molecule has 0 radical (unpaired) electrons. The van der Waals surface area contributed by atoms with Gasteiger partial charge in [0.05, 0.1) is 4.92 Å². The summed E-state index contributed by atoms with van der Waals surface area (Å²) in [6.07, 6.45) is 1.71. The van der Waals surface area contributed by atoms with Gasteiger partial charge in [-0.15, -0.1) is 0 Å². The maximum Gasteiger partial charge on any atom is 0.289 e. The molecule has 1 unspecified atom stereocenters. The predicted octanol–water partition coefficient (Wildman–Crippen LogP) is 2.18. The van der Waals surface area contributed by atoms with E-state index in [2.05, 4.69) is 5.32 Å². The second-order valence-electron chi connectivity index (χ2n) is 5.78. The third-order valence-electron chi connectivity index (χ3n) is 3.95. The largest absolute Gasteiger partial charge is 0.319 e. The number of halogens is 1. The minimum absolute atomic E-state index is 0.184. The van der Waals surface area contributed by atoms with Gasteiger partial charge in [-0.3, -0.25) is 10.1 Å². The van der Waals surface area contributed by atoms with Gasteiger partial charge in [-0.05, 0) is 50.9 Å². The van der Waals surface area contributed by atoms with E-state index in [0.717, 1.165) is 19.4 Å². The zero-order chi connectivity index (χ0) is 17.2. The van der Waals surface area contributed by atoms with Crippen molar-refractivity contribution >= 4 is 27.3 Å². The number of rotatable bonds is 5. The lowest BCUT2D eigenvalue weighted by Crippen LogP contribution is -2.42. The van der Waals surface area contributed by atoms with Crippen LogP contribution in [0.3, 0.4) is 0 Å². The fraction of sp³-hybridized carbons (Fsp3) is 0.571. The summed E-state index contributed by atoms with van der Waals surface area (Å²) < 4.78 is 27.1. The van der Waals surface area contributed by atoms with Crippen molar-refractivity contribution in [2.75, 3.05) is 26.7 Å². The third-order valence-corrected chi connectivity index (χ3v) is 6.35. The molecule has 23 heavy (non-hydrogen) atoms. The molecule has 1 fully saturated rings. The summed E-state index contributed by atoms with van der Waals surface area (Å²) >= 11 is 6.02. The summed E-state index contributed by atoms with van der Waals surface area (Å²) in [7, 11) is -2.03. The van der Waals surface area contributed by atoms with Gasteiger partial charge in [0.25, 0.3) is 5.69 Å². The molecule has 1 aliphatic rings. The highest BCUT2D eigenvalue weighted by Gasteiger charge is 2.34. The first kappa shape index (κ1) is 18.1. The quantitative estimate of drug-likeness (QED) is 0.641. The van der Waals surface area contributed by atoms with E-state index in [9.17, 15) is 18.5 Å². The molecule has 0 aliphatic carbocycles. The van der Waals surface area contributed by atoms with Crippen molar-refractivity contribution in [3.8, 4) is 0 Å². The summed E-state index contributed by atoms with van der Waals surface area (Å²) in [5.74, 6) is 0.224. The second kappa shape index (κ2) is 7.12. The first-order valence-electron chi connectivity index (χ1n) is 7.36. The van der Waals surface area contributed by atoms with Gasteiger partial charge < -0.3 is 5.32 Å². The maximum atomic E-state index is 12.9. The van der Waals surface area contributed by atoms with E-state index in [1.807, 2.05) is 7.05 Å². The Kier molecular flexibility index (Phi) is 5.61. The van der Waals surface area contributed by atoms with Crippen molar-refractivity contribution in [2.24, 2.45) is 5.92 Å². The summed E-state index contributed by atoms with van der Waals surface area (Å²) in [6, 6.07) is 2.67. The molecule has 1 N–H and O–H groups in total. The van der Waals surface area contributed by atoms with Crippen LogP contribution < -0.4 is 5.32 Å².